The Morgan fingerprint density at radius 3 is 2.42 bits per heavy atom. The van der Waals surface area contributed by atoms with Crippen LogP contribution >= 0.6 is 0 Å². The maximum Gasteiger partial charge on any atom is 0.451 e. The Morgan fingerprint density at radius 1 is 1.16 bits per heavy atom. The van der Waals surface area contributed by atoms with E-state index < -0.39 is 12.0 Å². The van der Waals surface area contributed by atoms with Crippen molar-refractivity contribution in [3.63, 3.8) is 0 Å². The lowest BCUT2D eigenvalue weighted by Gasteiger charge is -2.08. The van der Waals surface area contributed by atoms with E-state index in [1.807, 2.05) is 0 Å². The fourth-order valence-electron chi connectivity index (χ4n) is 1.59. The van der Waals surface area contributed by atoms with Gasteiger partial charge >= 0.3 is 6.18 Å². The molecule has 19 heavy (non-hydrogen) atoms. The molecule has 1 aromatic carbocycles. The van der Waals surface area contributed by atoms with E-state index in [0.29, 0.717) is 6.29 Å². The molecule has 2 aromatic rings. The quantitative estimate of drug-likeness (QED) is 0.802. The van der Waals surface area contributed by atoms with Crippen LogP contribution in [0.15, 0.2) is 36.5 Å². The highest BCUT2D eigenvalue weighted by Crippen LogP contribution is 2.26. The fraction of sp³-hybridized carbons (Fsp3) is 0.154. The zero-order valence-electron chi connectivity index (χ0n) is 9.69. The van der Waals surface area contributed by atoms with Crippen molar-refractivity contribution in [2.75, 3.05) is 0 Å². The molecule has 1 heterocycles. The smallest absolute Gasteiger partial charge is 0.298 e. The first-order valence-corrected chi connectivity index (χ1v) is 5.43. The lowest BCUT2D eigenvalue weighted by atomic mass is 10.1. The topological polar surface area (TPSA) is 42.9 Å². The number of benzene rings is 1. The number of hydrogen-bond donors (Lipinski definition) is 0. The second-order valence-corrected chi connectivity index (χ2v) is 3.87. The maximum absolute atomic E-state index is 12.5. The van der Waals surface area contributed by atoms with Crippen LogP contribution < -0.4 is 0 Å². The molecule has 0 amide bonds. The van der Waals surface area contributed by atoms with Gasteiger partial charge in [-0.2, -0.15) is 13.2 Å². The summed E-state index contributed by atoms with van der Waals surface area (Å²) in [5.74, 6) is -1.23. The minimum Gasteiger partial charge on any atom is -0.298 e. The Kier molecular flexibility index (Phi) is 3.59. The molecular weight excluding hydrogens is 257 g/mol. The summed E-state index contributed by atoms with van der Waals surface area (Å²) in [7, 11) is 0. The van der Waals surface area contributed by atoms with E-state index in [9.17, 15) is 18.0 Å². The largest absolute Gasteiger partial charge is 0.451 e. The molecule has 0 fully saturated rings. The van der Waals surface area contributed by atoms with Crippen LogP contribution in [0.2, 0.25) is 0 Å². The minimum absolute atomic E-state index is 0.0665. The van der Waals surface area contributed by atoms with Crippen LogP contribution in [0.25, 0.3) is 0 Å². The molecule has 0 saturated heterocycles. The normalized spacial score (nSPS) is 11.3. The molecule has 0 aliphatic heterocycles. The first-order valence-electron chi connectivity index (χ1n) is 5.43. The molecule has 1 aromatic heterocycles. The van der Waals surface area contributed by atoms with Gasteiger partial charge in [0.2, 0.25) is 5.82 Å². The lowest BCUT2D eigenvalue weighted by Crippen LogP contribution is -2.14. The molecule has 2 rings (SSSR count). The number of alkyl halides is 3. The SMILES string of the molecule is O=Cc1cnc(C(F)(F)F)nc1Cc1ccccc1. The Bertz CT molecular complexity index is 582. The molecule has 6 heteroatoms. The van der Waals surface area contributed by atoms with E-state index in [1.165, 1.54) is 0 Å². The van der Waals surface area contributed by atoms with Crippen LogP contribution in [0.3, 0.4) is 0 Å². The van der Waals surface area contributed by atoms with Gasteiger partial charge in [-0.05, 0) is 5.56 Å². The standard InChI is InChI=1S/C13H9F3N2O/c14-13(15,16)12-17-7-10(8-19)11(18-12)6-9-4-2-1-3-5-9/h1-5,7-8H,6H2. The maximum atomic E-state index is 12.5. The van der Waals surface area contributed by atoms with Gasteiger partial charge in [0.25, 0.3) is 0 Å². The summed E-state index contributed by atoms with van der Waals surface area (Å²) in [5.41, 5.74) is 0.915. The summed E-state index contributed by atoms with van der Waals surface area (Å²) < 4.78 is 37.6. The third-order valence-electron chi connectivity index (χ3n) is 2.49. The number of aromatic nitrogens is 2. The average Bonchev–Trinajstić information content (AvgIpc) is 2.39. The molecule has 0 saturated carbocycles. The van der Waals surface area contributed by atoms with Gasteiger partial charge in [-0.1, -0.05) is 30.3 Å². The Hall–Kier alpha value is -2.24. The van der Waals surface area contributed by atoms with Crippen molar-refractivity contribution in [2.24, 2.45) is 0 Å². The molecule has 0 N–H and O–H groups in total. The zero-order chi connectivity index (χ0) is 13.9. The summed E-state index contributed by atoms with van der Waals surface area (Å²) in [4.78, 5) is 17.4. The van der Waals surface area contributed by atoms with Gasteiger partial charge in [0.15, 0.2) is 6.29 Å². The molecule has 0 radical (unpaired) electrons. The van der Waals surface area contributed by atoms with E-state index in [0.717, 1.165) is 11.8 Å². The van der Waals surface area contributed by atoms with Gasteiger partial charge in [-0.25, -0.2) is 9.97 Å². The zero-order valence-corrected chi connectivity index (χ0v) is 9.69. The van der Waals surface area contributed by atoms with Gasteiger partial charge < -0.3 is 0 Å². The summed E-state index contributed by atoms with van der Waals surface area (Å²) in [5, 5.41) is 0. The summed E-state index contributed by atoms with van der Waals surface area (Å²) in [6.07, 6.45) is -3.10. The minimum atomic E-state index is -4.62. The number of rotatable bonds is 3. The van der Waals surface area contributed by atoms with Gasteiger partial charge in [-0.3, -0.25) is 4.79 Å². The predicted octanol–water partition coefficient (Wildman–Crippen LogP) is 2.90. The van der Waals surface area contributed by atoms with Crippen molar-refractivity contribution in [3.05, 3.63) is 59.2 Å². The van der Waals surface area contributed by atoms with Crippen LogP contribution in [0.4, 0.5) is 13.2 Å². The number of halogens is 3. The van der Waals surface area contributed by atoms with Crippen LogP contribution in [0, 0.1) is 0 Å². The molecule has 3 nitrogen and oxygen atoms in total. The number of carbonyl (C=O) groups excluding carboxylic acids is 1. The van der Waals surface area contributed by atoms with Crippen LogP contribution in [-0.2, 0) is 12.6 Å². The van der Waals surface area contributed by atoms with Gasteiger partial charge in [0.1, 0.15) is 0 Å². The third-order valence-corrected chi connectivity index (χ3v) is 2.49. The van der Waals surface area contributed by atoms with Crippen LogP contribution in [0.1, 0.15) is 27.4 Å². The van der Waals surface area contributed by atoms with Crippen molar-refractivity contribution in [1.82, 2.24) is 9.97 Å². The number of nitrogens with zero attached hydrogens (tertiary/aromatic N) is 2. The van der Waals surface area contributed by atoms with E-state index >= 15 is 0 Å². The Balaban J connectivity index is 2.40. The highest BCUT2D eigenvalue weighted by atomic mass is 19.4. The molecule has 0 spiro atoms. The second-order valence-electron chi connectivity index (χ2n) is 3.87. The number of carbonyl (C=O) groups is 1. The van der Waals surface area contributed by atoms with Crippen molar-refractivity contribution < 1.29 is 18.0 Å². The molecule has 0 atom stereocenters. The first-order chi connectivity index (χ1) is 9.00. The van der Waals surface area contributed by atoms with Gasteiger partial charge in [-0.15, -0.1) is 0 Å². The summed E-state index contributed by atoms with van der Waals surface area (Å²) >= 11 is 0. The van der Waals surface area contributed by atoms with E-state index in [-0.39, 0.29) is 17.7 Å². The molecule has 0 bridgehead atoms. The van der Waals surface area contributed by atoms with E-state index in [2.05, 4.69) is 9.97 Å². The first kappa shape index (κ1) is 13.2. The Labute approximate surface area is 107 Å². The molecule has 0 aliphatic rings. The van der Waals surface area contributed by atoms with Crippen molar-refractivity contribution >= 4 is 6.29 Å². The summed E-state index contributed by atoms with van der Waals surface area (Å²) in [6, 6.07) is 8.84. The third kappa shape index (κ3) is 3.15. The van der Waals surface area contributed by atoms with Crippen LogP contribution in [0.5, 0.6) is 0 Å². The van der Waals surface area contributed by atoms with E-state index in [1.54, 1.807) is 30.3 Å². The van der Waals surface area contributed by atoms with Crippen molar-refractivity contribution in [2.45, 2.75) is 12.6 Å². The van der Waals surface area contributed by atoms with Gasteiger partial charge in [0, 0.05) is 12.6 Å². The molecule has 0 aliphatic carbocycles. The molecular formula is C13H9F3N2O. The summed E-state index contributed by atoms with van der Waals surface area (Å²) in [6.45, 7) is 0. The fourth-order valence-corrected chi connectivity index (χ4v) is 1.59. The highest BCUT2D eigenvalue weighted by molar-refractivity contribution is 5.76. The molecule has 0 unspecified atom stereocenters. The number of aldehydes is 1. The van der Waals surface area contributed by atoms with Crippen molar-refractivity contribution in [3.8, 4) is 0 Å². The predicted molar refractivity (Wildman–Crippen MR) is 61.7 cm³/mol. The number of hydrogen-bond acceptors (Lipinski definition) is 3. The van der Waals surface area contributed by atoms with E-state index in [4.69, 9.17) is 0 Å². The second kappa shape index (κ2) is 5.17. The van der Waals surface area contributed by atoms with Crippen LogP contribution in [-0.4, -0.2) is 16.3 Å². The average molecular weight is 266 g/mol. The molecule has 98 valence electrons. The van der Waals surface area contributed by atoms with Gasteiger partial charge in [0.05, 0.1) is 11.3 Å². The van der Waals surface area contributed by atoms with Crippen molar-refractivity contribution in [1.29, 1.82) is 0 Å². The Morgan fingerprint density at radius 2 is 1.84 bits per heavy atom. The monoisotopic (exact) mass is 266 g/mol. The highest BCUT2D eigenvalue weighted by Gasteiger charge is 2.35. The lowest BCUT2D eigenvalue weighted by molar-refractivity contribution is -0.145.